The molecule has 0 aliphatic heterocycles. The summed E-state index contributed by atoms with van der Waals surface area (Å²) in [6, 6.07) is 1.87. The van der Waals surface area contributed by atoms with Crippen LogP contribution in [0, 0.1) is 0 Å². The summed E-state index contributed by atoms with van der Waals surface area (Å²) < 4.78 is 5.52. The number of fused-ring (bicyclic) bond motifs is 1. The molecule has 3 rings (SSSR count). The summed E-state index contributed by atoms with van der Waals surface area (Å²) in [6.45, 7) is 0. The summed E-state index contributed by atoms with van der Waals surface area (Å²) in [4.78, 5) is 14.6. The average Bonchev–Trinajstić information content (AvgIpc) is 2.96. The molecule has 2 heterocycles. The molecule has 0 aromatic carbocycles. The molecule has 0 N–H and O–H groups in total. The Bertz CT molecular complexity index is 545. The zero-order chi connectivity index (χ0) is 10.4. The Kier molecular flexibility index (Phi) is 2.79. The Hall–Kier alpha value is -1.24. The van der Waals surface area contributed by atoms with Gasteiger partial charge in [0, 0.05) is 23.7 Å². The zero-order valence-electron chi connectivity index (χ0n) is 8.90. The van der Waals surface area contributed by atoms with Crippen LogP contribution in [0.2, 0.25) is 0 Å². The van der Waals surface area contributed by atoms with Crippen LogP contribution >= 0.6 is 0 Å². The molecule has 1 saturated carbocycles. The van der Waals surface area contributed by atoms with Gasteiger partial charge in [-0.1, -0.05) is 0 Å². The van der Waals surface area contributed by atoms with E-state index < -0.39 is 5.97 Å². The predicted octanol–water partition coefficient (Wildman–Crippen LogP) is -1.93. The standard InChI is InChI=1S/C11H9NO3.Li/c13-11(14)8-5-12-4-7-3-9(6-1-2-6)15-10(7)8;/h3-6H,1-2H2,(H,13,14);/q;+1/p-1. The second-order valence-corrected chi connectivity index (χ2v) is 3.82. The minimum absolute atomic E-state index is 0. The van der Waals surface area contributed by atoms with E-state index in [9.17, 15) is 9.90 Å². The summed E-state index contributed by atoms with van der Waals surface area (Å²) in [5.41, 5.74) is 0.409. The van der Waals surface area contributed by atoms with Crippen molar-refractivity contribution in [2.45, 2.75) is 18.8 Å². The van der Waals surface area contributed by atoms with Crippen LogP contribution in [0.15, 0.2) is 22.9 Å². The van der Waals surface area contributed by atoms with Gasteiger partial charge in [-0.25, -0.2) is 0 Å². The van der Waals surface area contributed by atoms with E-state index in [2.05, 4.69) is 4.98 Å². The molecular weight excluding hydrogens is 201 g/mol. The number of aromatic nitrogens is 1. The third-order valence-electron chi connectivity index (χ3n) is 2.64. The molecule has 0 amide bonds. The maximum Gasteiger partial charge on any atom is 1.00 e. The molecule has 2 aromatic heterocycles. The number of carbonyl (C=O) groups excluding carboxylic acids is 1. The molecule has 0 radical (unpaired) electrons. The first-order chi connectivity index (χ1) is 7.25. The van der Waals surface area contributed by atoms with Gasteiger partial charge in [-0.15, -0.1) is 0 Å². The minimum atomic E-state index is -1.25. The van der Waals surface area contributed by atoms with Crippen molar-refractivity contribution in [2.75, 3.05) is 0 Å². The molecule has 1 aliphatic carbocycles. The quantitative estimate of drug-likeness (QED) is 0.540. The molecule has 1 aliphatic rings. The summed E-state index contributed by atoms with van der Waals surface area (Å²) in [7, 11) is 0. The molecule has 0 spiro atoms. The summed E-state index contributed by atoms with van der Waals surface area (Å²) in [5.74, 6) is 0.0808. The van der Waals surface area contributed by atoms with Gasteiger partial charge in [0.05, 0.1) is 11.5 Å². The topological polar surface area (TPSA) is 66.2 Å². The fourth-order valence-electron chi connectivity index (χ4n) is 1.70. The fraction of sp³-hybridized carbons (Fsp3) is 0.273. The number of pyridine rings is 1. The van der Waals surface area contributed by atoms with Crippen molar-refractivity contribution in [3.63, 3.8) is 0 Å². The summed E-state index contributed by atoms with van der Waals surface area (Å²) in [5, 5.41) is 11.5. The van der Waals surface area contributed by atoms with Crippen LogP contribution in [-0.2, 0) is 0 Å². The van der Waals surface area contributed by atoms with E-state index in [4.69, 9.17) is 4.42 Å². The van der Waals surface area contributed by atoms with Crippen LogP contribution in [0.25, 0.3) is 11.0 Å². The molecule has 0 saturated heterocycles. The molecule has 0 unspecified atom stereocenters. The fourth-order valence-corrected chi connectivity index (χ4v) is 1.70. The second kappa shape index (κ2) is 3.97. The molecule has 1 fully saturated rings. The van der Waals surface area contributed by atoms with Crippen molar-refractivity contribution >= 4 is 16.9 Å². The third kappa shape index (κ3) is 1.75. The molecule has 5 heteroatoms. The Morgan fingerprint density at radius 1 is 1.44 bits per heavy atom. The van der Waals surface area contributed by atoms with Crippen LogP contribution < -0.4 is 24.0 Å². The number of rotatable bonds is 2. The second-order valence-electron chi connectivity index (χ2n) is 3.82. The van der Waals surface area contributed by atoms with Gasteiger partial charge in [0.25, 0.3) is 0 Å². The molecule has 4 nitrogen and oxygen atoms in total. The SMILES string of the molecule is O=C([O-])c1cncc2cc(C3CC3)oc12.[Li+]. The van der Waals surface area contributed by atoms with E-state index in [1.807, 2.05) is 6.07 Å². The Labute approximate surface area is 104 Å². The van der Waals surface area contributed by atoms with Crippen LogP contribution in [0.1, 0.15) is 34.9 Å². The van der Waals surface area contributed by atoms with Crippen molar-refractivity contribution in [3.05, 3.63) is 29.8 Å². The van der Waals surface area contributed by atoms with Crippen molar-refractivity contribution in [1.29, 1.82) is 0 Å². The van der Waals surface area contributed by atoms with E-state index >= 15 is 0 Å². The first-order valence-electron chi connectivity index (χ1n) is 4.84. The van der Waals surface area contributed by atoms with Crippen molar-refractivity contribution in [3.8, 4) is 0 Å². The number of nitrogens with zero attached hydrogens (tertiary/aromatic N) is 1. The smallest absolute Gasteiger partial charge is 0.545 e. The number of hydrogen-bond acceptors (Lipinski definition) is 4. The molecule has 0 bridgehead atoms. The maximum atomic E-state index is 10.8. The van der Waals surface area contributed by atoms with Gasteiger partial charge in [-0.05, 0) is 18.9 Å². The van der Waals surface area contributed by atoms with Gasteiger partial charge in [0.15, 0.2) is 0 Å². The number of carboxylic acid groups (broad SMARTS) is 1. The minimum Gasteiger partial charge on any atom is -0.545 e. The largest absolute Gasteiger partial charge is 1.00 e. The van der Waals surface area contributed by atoms with Crippen LogP contribution in [-0.4, -0.2) is 11.0 Å². The van der Waals surface area contributed by atoms with Gasteiger partial charge >= 0.3 is 18.9 Å². The van der Waals surface area contributed by atoms with E-state index in [0.717, 1.165) is 24.0 Å². The van der Waals surface area contributed by atoms with Gasteiger partial charge in [0.1, 0.15) is 11.3 Å². The molecule has 16 heavy (non-hydrogen) atoms. The van der Waals surface area contributed by atoms with Gasteiger partial charge in [-0.3, -0.25) is 4.98 Å². The molecule has 0 atom stereocenters. The normalized spacial score (nSPS) is 14.8. The van der Waals surface area contributed by atoms with Gasteiger partial charge < -0.3 is 14.3 Å². The van der Waals surface area contributed by atoms with E-state index in [0.29, 0.717) is 11.5 Å². The average molecular weight is 209 g/mol. The Morgan fingerprint density at radius 2 is 2.19 bits per heavy atom. The number of carbonyl (C=O) groups is 1. The first kappa shape index (κ1) is 11.2. The maximum absolute atomic E-state index is 10.8. The zero-order valence-corrected chi connectivity index (χ0v) is 8.90. The van der Waals surface area contributed by atoms with Crippen molar-refractivity contribution in [2.24, 2.45) is 0 Å². The van der Waals surface area contributed by atoms with Crippen LogP contribution in [0.3, 0.4) is 0 Å². The first-order valence-corrected chi connectivity index (χ1v) is 4.84. The molecular formula is C11H8LiNO3. The third-order valence-corrected chi connectivity index (χ3v) is 2.64. The predicted molar refractivity (Wildman–Crippen MR) is 50.3 cm³/mol. The summed E-state index contributed by atoms with van der Waals surface area (Å²) in [6.07, 6.45) is 5.11. The van der Waals surface area contributed by atoms with Gasteiger partial charge in [-0.2, -0.15) is 0 Å². The number of aromatic carboxylic acids is 1. The number of furan rings is 1. The van der Waals surface area contributed by atoms with E-state index in [1.165, 1.54) is 6.20 Å². The van der Waals surface area contributed by atoms with Crippen molar-refractivity contribution in [1.82, 2.24) is 4.98 Å². The van der Waals surface area contributed by atoms with Gasteiger partial charge in [0.2, 0.25) is 0 Å². The monoisotopic (exact) mass is 209 g/mol. The molecule has 2 aromatic rings. The van der Waals surface area contributed by atoms with Crippen LogP contribution in [0.4, 0.5) is 0 Å². The summed E-state index contributed by atoms with van der Waals surface area (Å²) >= 11 is 0. The van der Waals surface area contributed by atoms with E-state index in [-0.39, 0.29) is 24.4 Å². The van der Waals surface area contributed by atoms with Crippen LogP contribution in [0.5, 0.6) is 0 Å². The Morgan fingerprint density at radius 3 is 2.81 bits per heavy atom. The Balaban J connectivity index is 0.000000963. The van der Waals surface area contributed by atoms with E-state index in [1.54, 1.807) is 6.20 Å². The van der Waals surface area contributed by atoms with Crippen molar-refractivity contribution < 1.29 is 33.2 Å². The number of carboxylic acids is 1. The number of hydrogen-bond donors (Lipinski definition) is 0. The molecule has 76 valence electrons.